The van der Waals surface area contributed by atoms with Crippen molar-refractivity contribution in [3.05, 3.63) is 12.2 Å². The third-order valence-electron chi connectivity index (χ3n) is 3.50. The van der Waals surface area contributed by atoms with Crippen molar-refractivity contribution in [2.75, 3.05) is 6.54 Å². The van der Waals surface area contributed by atoms with Crippen molar-refractivity contribution in [2.45, 2.75) is 33.6 Å². The van der Waals surface area contributed by atoms with Crippen LogP contribution in [0.2, 0.25) is 0 Å². The molecule has 0 spiro atoms. The molecular formula is C14H21NO6. The molecule has 1 amide bonds. The Morgan fingerprint density at radius 3 is 1.90 bits per heavy atom. The van der Waals surface area contributed by atoms with Crippen molar-refractivity contribution in [1.82, 2.24) is 5.32 Å². The summed E-state index contributed by atoms with van der Waals surface area (Å²) in [4.78, 5) is 42.6. The number of carboxylic acids is 2. The number of carboxylic acid groups (broad SMARTS) is 2. The van der Waals surface area contributed by atoms with Crippen LogP contribution in [0.1, 0.15) is 33.6 Å². The number of hydrogen-bond acceptors (Lipinski definition) is 4. The summed E-state index contributed by atoms with van der Waals surface area (Å²) in [5, 5.41) is 18.4. The van der Waals surface area contributed by atoms with Crippen molar-refractivity contribution < 1.29 is 29.4 Å². The third kappa shape index (κ3) is 5.02. The molecule has 21 heavy (non-hydrogen) atoms. The highest BCUT2D eigenvalue weighted by molar-refractivity contribution is 6.08. The van der Waals surface area contributed by atoms with Crippen LogP contribution in [-0.2, 0) is 19.2 Å². The van der Waals surface area contributed by atoms with E-state index in [1.54, 1.807) is 0 Å². The van der Waals surface area contributed by atoms with E-state index in [2.05, 4.69) is 5.32 Å². The van der Waals surface area contributed by atoms with Crippen LogP contribution < -0.4 is 5.32 Å². The van der Waals surface area contributed by atoms with Crippen LogP contribution in [0, 0.1) is 11.3 Å². The SMILES string of the molecule is CCC1(CC)C(=O)NC[C@@H](C)C1=O.O=C(O)/C=C/C(=O)O. The molecule has 0 aliphatic carbocycles. The molecule has 1 aliphatic rings. The molecule has 7 nitrogen and oxygen atoms in total. The molecule has 1 atom stereocenters. The second-order valence-electron chi connectivity index (χ2n) is 4.77. The fraction of sp³-hybridized carbons (Fsp3) is 0.571. The minimum absolute atomic E-state index is 0.0300. The number of aliphatic carboxylic acids is 2. The molecule has 3 N–H and O–H groups in total. The van der Waals surface area contributed by atoms with E-state index < -0.39 is 17.4 Å². The minimum atomic E-state index is -1.26. The van der Waals surface area contributed by atoms with Gasteiger partial charge in [0.25, 0.3) is 0 Å². The maximum atomic E-state index is 11.9. The maximum Gasteiger partial charge on any atom is 0.328 e. The number of carbonyl (C=O) groups is 4. The van der Waals surface area contributed by atoms with Crippen molar-refractivity contribution in [3.8, 4) is 0 Å². The summed E-state index contributed by atoms with van der Waals surface area (Å²) < 4.78 is 0. The monoisotopic (exact) mass is 299 g/mol. The second kappa shape index (κ2) is 8.18. The van der Waals surface area contributed by atoms with E-state index in [0.717, 1.165) is 0 Å². The minimum Gasteiger partial charge on any atom is -0.478 e. The smallest absolute Gasteiger partial charge is 0.328 e. The van der Waals surface area contributed by atoms with Gasteiger partial charge in [-0.15, -0.1) is 0 Å². The average molecular weight is 299 g/mol. The molecule has 0 aromatic carbocycles. The number of amides is 1. The zero-order valence-electron chi connectivity index (χ0n) is 12.4. The van der Waals surface area contributed by atoms with E-state index in [1.165, 1.54) is 0 Å². The van der Waals surface area contributed by atoms with Crippen LogP contribution in [-0.4, -0.2) is 40.4 Å². The Labute approximate surface area is 123 Å². The predicted octanol–water partition coefficient (Wildman–Crippen LogP) is 0.840. The van der Waals surface area contributed by atoms with Gasteiger partial charge in [0.1, 0.15) is 5.41 Å². The summed E-state index contributed by atoms with van der Waals surface area (Å²) in [5.74, 6) is -2.51. The molecule has 0 aromatic heterocycles. The lowest BCUT2D eigenvalue weighted by Gasteiger charge is -2.35. The summed E-state index contributed by atoms with van der Waals surface area (Å²) in [6.07, 6.45) is 2.33. The summed E-state index contributed by atoms with van der Waals surface area (Å²) in [6.45, 7) is 6.18. The van der Waals surface area contributed by atoms with Gasteiger partial charge in [0.2, 0.25) is 5.91 Å². The molecule has 0 unspecified atom stereocenters. The van der Waals surface area contributed by atoms with Crippen molar-refractivity contribution in [3.63, 3.8) is 0 Å². The molecule has 1 saturated heterocycles. The Balaban J connectivity index is 0.000000433. The van der Waals surface area contributed by atoms with Gasteiger partial charge in [-0.2, -0.15) is 0 Å². The van der Waals surface area contributed by atoms with Gasteiger partial charge in [0.15, 0.2) is 5.78 Å². The molecular weight excluding hydrogens is 278 g/mol. The van der Waals surface area contributed by atoms with Gasteiger partial charge >= 0.3 is 11.9 Å². The zero-order valence-corrected chi connectivity index (χ0v) is 12.4. The summed E-state index contributed by atoms with van der Waals surface area (Å²) in [6, 6.07) is 0. The zero-order chi connectivity index (χ0) is 16.6. The number of nitrogens with one attached hydrogen (secondary N) is 1. The normalized spacial score (nSPS) is 20.4. The topological polar surface area (TPSA) is 121 Å². The molecule has 1 rings (SSSR count). The summed E-state index contributed by atoms with van der Waals surface area (Å²) in [7, 11) is 0. The second-order valence-corrected chi connectivity index (χ2v) is 4.77. The van der Waals surface area contributed by atoms with E-state index >= 15 is 0 Å². The average Bonchev–Trinajstić information content (AvgIpc) is 2.43. The number of carbonyl (C=O) groups excluding carboxylic acids is 2. The number of rotatable bonds is 4. The van der Waals surface area contributed by atoms with Gasteiger partial charge < -0.3 is 15.5 Å². The standard InChI is InChI=1S/C10H17NO2.C4H4O4/c1-4-10(5-2)8(12)7(3)6-11-9(10)13;5-3(6)1-2-4(7)8/h7H,4-6H2,1-3H3,(H,11,13);1-2H,(H,5,6)(H,7,8)/b;2-1+/t7-;/m1./s1. The fourth-order valence-electron chi connectivity index (χ4n) is 2.15. The Bertz CT molecular complexity index is 434. The molecule has 0 radical (unpaired) electrons. The van der Waals surface area contributed by atoms with E-state index in [-0.39, 0.29) is 17.6 Å². The first-order chi connectivity index (χ1) is 9.71. The van der Waals surface area contributed by atoms with Gasteiger partial charge in [0.05, 0.1) is 0 Å². The first-order valence-electron chi connectivity index (χ1n) is 6.67. The molecule has 1 heterocycles. The van der Waals surface area contributed by atoms with Crippen LogP contribution in [0.4, 0.5) is 0 Å². The van der Waals surface area contributed by atoms with Crippen LogP contribution in [0.15, 0.2) is 12.2 Å². The highest BCUT2D eigenvalue weighted by Crippen LogP contribution is 2.33. The third-order valence-corrected chi connectivity index (χ3v) is 3.50. The first kappa shape index (κ1) is 18.8. The lowest BCUT2D eigenvalue weighted by atomic mass is 9.71. The van der Waals surface area contributed by atoms with Crippen LogP contribution in [0.5, 0.6) is 0 Å². The predicted molar refractivity (Wildman–Crippen MR) is 74.6 cm³/mol. The Kier molecular flexibility index (Phi) is 7.33. The van der Waals surface area contributed by atoms with Crippen molar-refractivity contribution >= 4 is 23.6 Å². The molecule has 1 fully saturated rings. The van der Waals surface area contributed by atoms with Gasteiger partial charge in [-0.25, -0.2) is 9.59 Å². The Hall–Kier alpha value is -2.18. The van der Waals surface area contributed by atoms with E-state index in [4.69, 9.17) is 10.2 Å². The van der Waals surface area contributed by atoms with Crippen molar-refractivity contribution in [1.29, 1.82) is 0 Å². The molecule has 1 aliphatic heterocycles. The van der Waals surface area contributed by atoms with Crippen LogP contribution >= 0.6 is 0 Å². The first-order valence-corrected chi connectivity index (χ1v) is 6.67. The molecule has 0 aromatic rings. The van der Waals surface area contributed by atoms with Gasteiger partial charge in [0, 0.05) is 24.6 Å². The van der Waals surface area contributed by atoms with E-state index in [0.29, 0.717) is 31.5 Å². The number of hydrogen-bond donors (Lipinski definition) is 3. The maximum absolute atomic E-state index is 11.9. The molecule has 118 valence electrons. The Morgan fingerprint density at radius 2 is 1.62 bits per heavy atom. The van der Waals surface area contributed by atoms with Gasteiger partial charge in [-0.1, -0.05) is 20.8 Å². The Morgan fingerprint density at radius 1 is 1.19 bits per heavy atom. The van der Waals surface area contributed by atoms with Gasteiger partial charge in [-0.05, 0) is 12.8 Å². The van der Waals surface area contributed by atoms with E-state index in [9.17, 15) is 19.2 Å². The summed E-state index contributed by atoms with van der Waals surface area (Å²) >= 11 is 0. The number of Topliss-reactive ketones (excluding diaryl/α,β-unsaturated/α-hetero) is 1. The number of piperidine rings is 1. The highest BCUT2D eigenvalue weighted by atomic mass is 16.4. The van der Waals surface area contributed by atoms with Crippen molar-refractivity contribution in [2.24, 2.45) is 11.3 Å². The molecule has 7 heteroatoms. The van der Waals surface area contributed by atoms with Crippen LogP contribution in [0.25, 0.3) is 0 Å². The quantitative estimate of drug-likeness (QED) is 0.522. The largest absolute Gasteiger partial charge is 0.478 e. The lowest BCUT2D eigenvalue weighted by Crippen LogP contribution is -2.55. The number of ketones is 1. The molecule has 0 saturated carbocycles. The van der Waals surface area contributed by atoms with E-state index in [1.807, 2.05) is 20.8 Å². The molecule has 0 bridgehead atoms. The summed E-state index contributed by atoms with van der Waals surface area (Å²) in [5.41, 5.74) is -0.738. The van der Waals surface area contributed by atoms with Crippen LogP contribution in [0.3, 0.4) is 0 Å². The van der Waals surface area contributed by atoms with Gasteiger partial charge in [-0.3, -0.25) is 9.59 Å². The lowest BCUT2D eigenvalue weighted by molar-refractivity contribution is -0.148. The fourth-order valence-corrected chi connectivity index (χ4v) is 2.15. The highest BCUT2D eigenvalue weighted by Gasteiger charge is 2.47.